The van der Waals surface area contributed by atoms with Gasteiger partial charge >= 0.3 is 5.97 Å². The van der Waals surface area contributed by atoms with Gasteiger partial charge in [-0.3, -0.25) is 14.9 Å². The topological polar surface area (TPSA) is 136 Å². The highest BCUT2D eigenvalue weighted by Gasteiger charge is 2.14. The molecule has 2 N–H and O–H groups in total. The van der Waals surface area contributed by atoms with E-state index in [1.54, 1.807) is 0 Å². The lowest BCUT2D eigenvalue weighted by Gasteiger charge is -2.00. The van der Waals surface area contributed by atoms with Gasteiger partial charge in [0.25, 0.3) is 5.69 Å². The lowest BCUT2D eigenvalue weighted by Crippen LogP contribution is -2.08. The summed E-state index contributed by atoms with van der Waals surface area (Å²) in [5.74, 6) is -1.95. The van der Waals surface area contributed by atoms with E-state index in [4.69, 9.17) is 10.2 Å². The quantitative estimate of drug-likeness (QED) is 0.466. The average Bonchev–Trinajstić information content (AvgIpc) is 2.40. The number of hydrogen-bond donors (Lipinski definition) is 2. The van der Waals surface area contributed by atoms with Gasteiger partial charge in [-0.1, -0.05) is 0 Å². The number of non-ortho nitro benzene ring substituents is 1. The van der Waals surface area contributed by atoms with Crippen molar-refractivity contribution in [1.29, 1.82) is 0 Å². The normalized spacial score (nSPS) is 12.9. The van der Waals surface area contributed by atoms with Crippen LogP contribution in [-0.4, -0.2) is 33.5 Å². The van der Waals surface area contributed by atoms with E-state index in [0.29, 0.717) is 0 Å². The van der Waals surface area contributed by atoms with Crippen LogP contribution in [0, 0.1) is 10.1 Å². The van der Waals surface area contributed by atoms with Crippen molar-refractivity contribution in [2.45, 2.75) is 0 Å². The summed E-state index contributed by atoms with van der Waals surface area (Å²) >= 11 is 0. The number of nitro groups is 1. The molecule has 0 bridgehead atoms. The molecule has 0 fully saturated rings. The minimum atomic E-state index is -1.40. The van der Waals surface area contributed by atoms with Crippen molar-refractivity contribution in [2.24, 2.45) is 0 Å². The first kappa shape index (κ1) is 15.1. The highest BCUT2D eigenvalue weighted by molar-refractivity contribution is 5.91. The number of ketones is 1. The van der Waals surface area contributed by atoms with Crippen LogP contribution in [0.1, 0.15) is 10.4 Å². The maximum atomic E-state index is 10.4. The van der Waals surface area contributed by atoms with Crippen LogP contribution in [-0.2, 0) is 14.6 Å². The van der Waals surface area contributed by atoms with Gasteiger partial charge in [0.1, 0.15) is 17.6 Å². The van der Waals surface area contributed by atoms with E-state index in [1.165, 1.54) is 12.3 Å². The third-order valence-corrected chi connectivity index (χ3v) is 2.00. The minimum Gasteiger partial charge on any atom is -0.507 e. The molecule has 9 heteroatoms. The fourth-order valence-electron chi connectivity index (χ4n) is 1.09. The lowest BCUT2D eigenvalue weighted by atomic mass is 10.2. The van der Waals surface area contributed by atoms with Gasteiger partial charge in [-0.25, -0.2) is 4.79 Å². The Bertz CT molecular complexity index is 566. The van der Waals surface area contributed by atoms with E-state index in [2.05, 4.69) is 9.78 Å². The van der Waals surface area contributed by atoms with Gasteiger partial charge in [-0.2, -0.15) is 4.89 Å². The molecule has 2 rings (SSSR count). The van der Waals surface area contributed by atoms with Gasteiger partial charge in [0.15, 0.2) is 12.4 Å². The van der Waals surface area contributed by atoms with Crippen molar-refractivity contribution in [2.75, 3.05) is 6.61 Å². The number of aromatic carboxylic acids is 1. The van der Waals surface area contributed by atoms with Crippen molar-refractivity contribution in [3.05, 3.63) is 46.2 Å². The van der Waals surface area contributed by atoms with Gasteiger partial charge in [-0.15, -0.1) is 0 Å². The van der Waals surface area contributed by atoms with Gasteiger partial charge in [0, 0.05) is 18.2 Å². The van der Waals surface area contributed by atoms with Crippen LogP contribution in [0.15, 0.2) is 30.5 Å². The highest BCUT2D eigenvalue weighted by atomic mass is 17.2. The van der Waals surface area contributed by atoms with Crippen molar-refractivity contribution in [1.82, 2.24) is 0 Å². The van der Waals surface area contributed by atoms with E-state index in [9.17, 15) is 19.7 Å². The zero-order chi connectivity index (χ0) is 15.1. The molecule has 20 heavy (non-hydrogen) atoms. The summed E-state index contributed by atoms with van der Waals surface area (Å²) in [6.45, 7) is 0.0382. The molecule has 9 nitrogen and oxygen atoms in total. The average molecular weight is 283 g/mol. The van der Waals surface area contributed by atoms with Gasteiger partial charge < -0.3 is 15.1 Å². The lowest BCUT2D eigenvalue weighted by molar-refractivity contribution is -0.384. The monoisotopic (exact) mass is 283 g/mol. The van der Waals surface area contributed by atoms with E-state index in [-0.39, 0.29) is 18.1 Å². The molecule has 1 aliphatic heterocycles. The first-order valence-electron chi connectivity index (χ1n) is 5.10. The zero-order valence-corrected chi connectivity index (χ0v) is 9.88. The van der Waals surface area contributed by atoms with Crippen LogP contribution in [0.2, 0.25) is 0 Å². The van der Waals surface area contributed by atoms with Crippen LogP contribution in [0.3, 0.4) is 0 Å². The number of aromatic hydroxyl groups is 1. The summed E-state index contributed by atoms with van der Waals surface area (Å²) in [5, 5.41) is 27.7. The molecule has 0 aliphatic carbocycles. The summed E-state index contributed by atoms with van der Waals surface area (Å²) in [4.78, 5) is 38.6. The molecular formula is C11H9NO8. The Balaban J connectivity index is 0.000000240. The van der Waals surface area contributed by atoms with Crippen LogP contribution in [0.4, 0.5) is 5.69 Å². The third kappa shape index (κ3) is 4.38. The molecule has 1 aromatic rings. The predicted octanol–water partition coefficient (Wildman–Crippen LogP) is 1.03. The molecule has 1 heterocycles. The molecule has 1 aliphatic rings. The highest BCUT2D eigenvalue weighted by Crippen LogP contribution is 2.22. The SMILES string of the molecule is O=C(O)c1cc([N+](=O)[O-])ccc1O.O=C1C=COOC1. The molecule has 0 saturated carbocycles. The molecule has 106 valence electrons. The molecule has 0 saturated heterocycles. The number of carboxylic acids is 1. The van der Waals surface area contributed by atoms with E-state index >= 15 is 0 Å². The molecule has 0 amide bonds. The number of rotatable bonds is 2. The van der Waals surface area contributed by atoms with Crippen LogP contribution < -0.4 is 0 Å². The second-order valence-electron chi connectivity index (χ2n) is 3.39. The Morgan fingerprint density at radius 1 is 1.40 bits per heavy atom. The minimum absolute atomic E-state index is 0.0382. The second kappa shape index (κ2) is 6.85. The van der Waals surface area contributed by atoms with Crippen molar-refractivity contribution >= 4 is 17.4 Å². The van der Waals surface area contributed by atoms with E-state index < -0.39 is 22.2 Å². The van der Waals surface area contributed by atoms with E-state index in [1.807, 2.05) is 0 Å². The summed E-state index contributed by atoms with van der Waals surface area (Å²) in [6, 6.07) is 2.81. The fourth-order valence-corrected chi connectivity index (χ4v) is 1.09. The zero-order valence-electron chi connectivity index (χ0n) is 9.88. The number of carbonyl (C=O) groups is 2. The van der Waals surface area contributed by atoms with Gasteiger partial charge in [0.05, 0.1) is 4.92 Å². The second-order valence-corrected chi connectivity index (χ2v) is 3.39. The largest absolute Gasteiger partial charge is 0.507 e. The van der Waals surface area contributed by atoms with Crippen LogP contribution >= 0.6 is 0 Å². The fraction of sp³-hybridized carbons (Fsp3) is 0.0909. The number of nitrogens with zero attached hydrogens (tertiary/aromatic N) is 1. The van der Waals surface area contributed by atoms with Gasteiger partial charge in [0.2, 0.25) is 0 Å². The molecule has 0 aromatic heterocycles. The standard InChI is InChI=1S/C7H5NO5.C4H4O3/c9-6-2-1-4(8(12)13)3-5(6)7(10)11;5-4-1-2-6-7-3-4/h1-3,9H,(H,10,11);1-2H,3H2. The Labute approximate surface area is 111 Å². The summed E-state index contributed by atoms with van der Waals surface area (Å²) in [6.07, 6.45) is 2.54. The molecule has 1 aromatic carbocycles. The number of carbonyl (C=O) groups excluding carboxylic acids is 1. The van der Waals surface area contributed by atoms with E-state index in [0.717, 1.165) is 18.2 Å². The number of phenols is 1. The Morgan fingerprint density at radius 2 is 2.10 bits per heavy atom. The Hall–Kier alpha value is -2.94. The first-order valence-corrected chi connectivity index (χ1v) is 5.10. The van der Waals surface area contributed by atoms with Gasteiger partial charge in [-0.05, 0) is 6.07 Å². The molecule has 0 unspecified atom stereocenters. The Kier molecular flexibility index (Phi) is 5.18. The number of hydrogen-bond acceptors (Lipinski definition) is 7. The summed E-state index contributed by atoms with van der Waals surface area (Å²) in [7, 11) is 0. The number of carboxylic acid groups (broad SMARTS) is 1. The Morgan fingerprint density at radius 3 is 2.50 bits per heavy atom. The first-order chi connectivity index (χ1) is 9.41. The summed E-state index contributed by atoms with van der Waals surface area (Å²) in [5.41, 5.74) is -0.843. The maximum absolute atomic E-state index is 10.4. The smallest absolute Gasteiger partial charge is 0.339 e. The van der Waals surface area contributed by atoms with Crippen LogP contribution in [0.5, 0.6) is 5.75 Å². The van der Waals surface area contributed by atoms with Crippen molar-refractivity contribution in [3.63, 3.8) is 0 Å². The molecule has 0 spiro atoms. The van der Waals surface area contributed by atoms with Crippen molar-refractivity contribution < 1.29 is 34.5 Å². The number of benzene rings is 1. The molecular weight excluding hydrogens is 274 g/mol. The third-order valence-electron chi connectivity index (χ3n) is 2.00. The molecule has 0 radical (unpaired) electrons. The molecule has 0 atom stereocenters. The maximum Gasteiger partial charge on any atom is 0.339 e. The van der Waals surface area contributed by atoms with Crippen LogP contribution in [0.25, 0.3) is 0 Å². The summed E-state index contributed by atoms with van der Waals surface area (Å²) < 4.78 is 0. The predicted molar refractivity (Wildman–Crippen MR) is 62.9 cm³/mol. The number of nitro benzene ring substituents is 1. The van der Waals surface area contributed by atoms with Crippen molar-refractivity contribution in [3.8, 4) is 5.75 Å².